The summed E-state index contributed by atoms with van der Waals surface area (Å²) in [5.74, 6) is 1.01. The molecule has 0 spiro atoms. The number of carbonyl (C=O) groups is 1. The van der Waals surface area contributed by atoms with Gasteiger partial charge in [-0.05, 0) is 13.3 Å². The number of nitrogens with one attached hydrogen (secondary N) is 1. The number of aromatic nitrogens is 4. The lowest BCUT2D eigenvalue weighted by Gasteiger charge is -2.10. The van der Waals surface area contributed by atoms with Crippen molar-refractivity contribution in [2.75, 3.05) is 5.32 Å². The molecule has 0 saturated carbocycles. The number of halogens is 1. The van der Waals surface area contributed by atoms with Gasteiger partial charge in [0.25, 0.3) is 17.3 Å². The van der Waals surface area contributed by atoms with Gasteiger partial charge in [0.2, 0.25) is 0 Å². The van der Waals surface area contributed by atoms with E-state index < -0.39 is 11.2 Å². The van der Waals surface area contributed by atoms with Crippen LogP contribution in [0.5, 0.6) is 0 Å². The molecule has 0 radical (unpaired) electrons. The fourth-order valence-electron chi connectivity index (χ4n) is 3.79. The topological polar surface area (TPSA) is 81.9 Å². The highest BCUT2D eigenvalue weighted by atomic mass is 35.5. The summed E-state index contributed by atoms with van der Waals surface area (Å²) in [5.41, 5.74) is 2.47. The van der Waals surface area contributed by atoms with E-state index in [2.05, 4.69) is 41.1 Å². The summed E-state index contributed by atoms with van der Waals surface area (Å²) < 4.78 is 6.47. The van der Waals surface area contributed by atoms with Crippen LogP contribution < -0.4 is 33.5 Å². The van der Waals surface area contributed by atoms with Gasteiger partial charge >= 0.3 is 5.69 Å². The van der Waals surface area contributed by atoms with Crippen molar-refractivity contribution in [3.8, 4) is 11.3 Å². The molecule has 9 heteroatoms. The van der Waals surface area contributed by atoms with Gasteiger partial charge in [0.15, 0.2) is 12.2 Å². The molecule has 0 bridgehead atoms. The van der Waals surface area contributed by atoms with Crippen molar-refractivity contribution < 1.29 is 21.8 Å². The summed E-state index contributed by atoms with van der Waals surface area (Å²) in [6, 6.07) is 9.60. The first-order chi connectivity index (χ1) is 13.8. The van der Waals surface area contributed by atoms with Crippen molar-refractivity contribution in [2.45, 2.75) is 32.9 Å². The second-order valence-corrected chi connectivity index (χ2v) is 7.50. The smallest absolute Gasteiger partial charge is 0.332 e. The van der Waals surface area contributed by atoms with Crippen molar-refractivity contribution >= 4 is 11.7 Å². The summed E-state index contributed by atoms with van der Waals surface area (Å²) in [4.78, 5) is 36.6. The molecular formula is C21H24ClN5O3. The number of hydrogen-bond donors (Lipinski definition) is 1. The number of amides is 1. The largest absolute Gasteiger partial charge is 1.00 e. The van der Waals surface area contributed by atoms with E-state index in [1.165, 1.54) is 30.3 Å². The minimum Gasteiger partial charge on any atom is -1.00 e. The fraction of sp³-hybridized carbons (Fsp3) is 0.333. The first-order valence-corrected chi connectivity index (χ1v) is 9.61. The molecule has 1 aromatic carbocycles. The zero-order chi connectivity index (χ0) is 20.7. The van der Waals surface area contributed by atoms with Crippen molar-refractivity contribution in [3.63, 3.8) is 0 Å². The van der Waals surface area contributed by atoms with Gasteiger partial charge in [-0.3, -0.25) is 18.7 Å². The first-order valence-electron chi connectivity index (χ1n) is 9.61. The summed E-state index contributed by atoms with van der Waals surface area (Å²) in [6.45, 7) is 3.10. The summed E-state index contributed by atoms with van der Waals surface area (Å²) in [5, 5.41) is 2.70. The second kappa shape index (κ2) is 8.31. The molecule has 158 valence electrons. The van der Waals surface area contributed by atoms with Crippen molar-refractivity contribution in [3.05, 3.63) is 68.8 Å². The van der Waals surface area contributed by atoms with E-state index >= 15 is 0 Å². The van der Waals surface area contributed by atoms with Gasteiger partial charge in [-0.2, -0.15) is 0 Å². The van der Waals surface area contributed by atoms with Gasteiger partial charge in [0, 0.05) is 25.7 Å². The zero-order valence-electron chi connectivity index (χ0n) is 17.2. The molecule has 0 unspecified atom stereocenters. The lowest BCUT2D eigenvalue weighted by atomic mass is 10.1. The van der Waals surface area contributed by atoms with Crippen LogP contribution >= 0.6 is 0 Å². The third-order valence-corrected chi connectivity index (χ3v) is 5.45. The normalized spacial score (nSPS) is 12.4. The number of rotatable bonds is 4. The average Bonchev–Trinajstić information content (AvgIpc) is 3.29. The van der Waals surface area contributed by atoms with Crippen LogP contribution in [0.4, 0.5) is 5.82 Å². The number of aryl methyl sites for hydroxylation is 1. The number of fused-ring (bicyclic) bond motifs is 1. The van der Waals surface area contributed by atoms with Crippen LogP contribution in [0, 0.1) is 6.92 Å². The van der Waals surface area contributed by atoms with Crippen LogP contribution in [0.25, 0.3) is 11.3 Å². The molecule has 30 heavy (non-hydrogen) atoms. The van der Waals surface area contributed by atoms with Gasteiger partial charge in [-0.1, -0.05) is 29.8 Å². The molecule has 3 aromatic rings. The molecule has 0 atom stereocenters. The Balaban J connectivity index is 0.00000256. The molecular weight excluding hydrogens is 406 g/mol. The standard InChI is InChI=1S/C21H23N5O3.ClH/c1-14-6-8-15(9-7-14)16-12-25(19-5-4-10-26(16)19)13-18(27)22-17-11-20(28)24(3)21(29)23(17)2;/h6-9,11-12H,4-5,10,13H2,1-3H3;1H. The molecule has 1 aliphatic heterocycles. The SMILES string of the molecule is Cc1ccc(-c2c[n+](CC(=O)Nc3cc(=O)n(C)c(=O)n3C)c3n2CCC3)cc1.[Cl-]. The number of imidazole rings is 1. The van der Waals surface area contributed by atoms with Crippen LogP contribution in [0.15, 0.2) is 46.1 Å². The molecule has 2 aromatic heterocycles. The minimum absolute atomic E-state index is 0. The Bertz CT molecular complexity index is 1220. The Morgan fingerprint density at radius 1 is 1.13 bits per heavy atom. The van der Waals surface area contributed by atoms with Gasteiger partial charge in [0.1, 0.15) is 12.0 Å². The Labute approximate surface area is 179 Å². The number of hydrogen-bond acceptors (Lipinski definition) is 3. The average molecular weight is 430 g/mol. The Kier molecular flexibility index (Phi) is 5.98. The van der Waals surface area contributed by atoms with E-state index in [1.54, 1.807) is 0 Å². The predicted octanol–water partition coefficient (Wildman–Crippen LogP) is -2.26. The molecule has 1 amide bonds. The van der Waals surface area contributed by atoms with Crippen molar-refractivity contribution in [1.82, 2.24) is 13.7 Å². The molecule has 0 aliphatic carbocycles. The zero-order valence-corrected chi connectivity index (χ0v) is 17.9. The van der Waals surface area contributed by atoms with E-state index in [4.69, 9.17) is 0 Å². The quantitative estimate of drug-likeness (QED) is 0.475. The Morgan fingerprint density at radius 3 is 2.53 bits per heavy atom. The molecule has 0 fully saturated rings. The van der Waals surface area contributed by atoms with Crippen LogP contribution in [-0.2, 0) is 38.4 Å². The van der Waals surface area contributed by atoms with Gasteiger partial charge < -0.3 is 17.7 Å². The van der Waals surface area contributed by atoms with E-state index in [1.807, 2.05) is 10.8 Å². The maximum atomic E-state index is 12.7. The predicted molar refractivity (Wildman–Crippen MR) is 109 cm³/mol. The van der Waals surface area contributed by atoms with Crippen LogP contribution in [0.3, 0.4) is 0 Å². The van der Waals surface area contributed by atoms with E-state index in [0.29, 0.717) is 0 Å². The highest BCUT2D eigenvalue weighted by molar-refractivity contribution is 5.88. The highest BCUT2D eigenvalue weighted by Crippen LogP contribution is 2.25. The minimum atomic E-state index is -0.480. The first kappa shape index (κ1) is 21.6. The molecule has 0 saturated heterocycles. The summed E-state index contributed by atoms with van der Waals surface area (Å²) in [6.07, 6.45) is 3.95. The van der Waals surface area contributed by atoms with Gasteiger partial charge in [0.05, 0.1) is 13.0 Å². The molecule has 3 heterocycles. The van der Waals surface area contributed by atoms with Gasteiger partial charge in [-0.25, -0.2) is 13.9 Å². The van der Waals surface area contributed by atoms with E-state index in [-0.39, 0.29) is 30.7 Å². The number of anilines is 1. The third-order valence-electron chi connectivity index (χ3n) is 5.45. The van der Waals surface area contributed by atoms with Crippen LogP contribution in [-0.4, -0.2) is 19.6 Å². The van der Waals surface area contributed by atoms with Gasteiger partial charge in [-0.15, -0.1) is 0 Å². The Morgan fingerprint density at radius 2 is 1.83 bits per heavy atom. The van der Waals surface area contributed by atoms with E-state index in [0.717, 1.165) is 41.0 Å². The summed E-state index contributed by atoms with van der Waals surface area (Å²) >= 11 is 0. The maximum Gasteiger partial charge on any atom is 0.332 e. The molecule has 8 nitrogen and oxygen atoms in total. The summed E-state index contributed by atoms with van der Waals surface area (Å²) in [7, 11) is 2.93. The molecule has 4 rings (SSSR count). The lowest BCUT2D eigenvalue weighted by molar-refractivity contribution is -0.690. The van der Waals surface area contributed by atoms with E-state index in [9.17, 15) is 14.4 Å². The van der Waals surface area contributed by atoms with Crippen molar-refractivity contribution in [1.29, 1.82) is 0 Å². The maximum absolute atomic E-state index is 12.7. The Hall–Kier alpha value is -3.13. The van der Waals surface area contributed by atoms with Crippen molar-refractivity contribution in [2.24, 2.45) is 14.1 Å². The second-order valence-electron chi connectivity index (χ2n) is 7.50. The third kappa shape index (κ3) is 3.82. The highest BCUT2D eigenvalue weighted by Gasteiger charge is 2.29. The number of benzene rings is 1. The number of carbonyl (C=O) groups excluding carboxylic acids is 1. The fourth-order valence-corrected chi connectivity index (χ4v) is 3.79. The molecule has 1 aliphatic rings. The van der Waals surface area contributed by atoms with Crippen LogP contribution in [0.1, 0.15) is 17.8 Å². The monoisotopic (exact) mass is 429 g/mol. The lowest BCUT2D eigenvalue weighted by Crippen LogP contribution is -3.00. The van der Waals surface area contributed by atoms with Crippen LogP contribution in [0.2, 0.25) is 0 Å². The molecule has 1 N–H and O–H groups in total. The number of nitrogens with zero attached hydrogens (tertiary/aromatic N) is 4.